The highest BCUT2D eigenvalue weighted by molar-refractivity contribution is 6.00. The normalized spacial score (nSPS) is 11.0. The molecule has 6 heteroatoms. The zero-order valence-electron chi connectivity index (χ0n) is 12.1. The van der Waals surface area contributed by atoms with Gasteiger partial charge in [0.1, 0.15) is 17.8 Å². The molecule has 4 aromatic rings. The fraction of sp³-hybridized carbons (Fsp3) is 0. The summed E-state index contributed by atoms with van der Waals surface area (Å²) in [5, 5.41) is 0.873. The van der Waals surface area contributed by atoms with Crippen LogP contribution < -0.4 is 5.73 Å². The van der Waals surface area contributed by atoms with Crippen molar-refractivity contribution in [3.63, 3.8) is 0 Å². The van der Waals surface area contributed by atoms with E-state index in [2.05, 4.69) is 15.0 Å². The number of amides is 1. The fourth-order valence-electron chi connectivity index (χ4n) is 2.69. The van der Waals surface area contributed by atoms with Crippen molar-refractivity contribution in [2.24, 2.45) is 5.73 Å². The molecule has 0 fully saturated rings. The standard InChI is InChI=1S/C17H13N5O/c18-15(23)14-9-22(8-13(14)11-4-2-1-3-5-11)17-12-6-7-19-16(12)20-10-21-17/h1-10H,(H2,18,23)(H,19,20,21). The Morgan fingerprint density at radius 1 is 1.09 bits per heavy atom. The van der Waals surface area contributed by atoms with Gasteiger partial charge in [0.2, 0.25) is 0 Å². The van der Waals surface area contributed by atoms with Gasteiger partial charge in [0, 0.05) is 24.2 Å². The topological polar surface area (TPSA) is 89.6 Å². The molecular formula is C17H13N5O. The molecule has 112 valence electrons. The predicted molar refractivity (Wildman–Crippen MR) is 87.2 cm³/mol. The molecule has 0 saturated heterocycles. The number of rotatable bonds is 3. The Balaban J connectivity index is 1.94. The molecule has 23 heavy (non-hydrogen) atoms. The number of hydrogen-bond donors (Lipinski definition) is 2. The van der Waals surface area contributed by atoms with Crippen LogP contribution in [0, 0.1) is 0 Å². The van der Waals surface area contributed by atoms with Crippen molar-refractivity contribution in [1.82, 2.24) is 19.5 Å². The number of primary amides is 1. The summed E-state index contributed by atoms with van der Waals surface area (Å²) in [5.74, 6) is 0.225. The number of carbonyl (C=O) groups is 1. The molecule has 3 aromatic heterocycles. The van der Waals surface area contributed by atoms with Crippen molar-refractivity contribution < 1.29 is 4.79 Å². The highest BCUT2D eigenvalue weighted by Crippen LogP contribution is 2.27. The monoisotopic (exact) mass is 303 g/mol. The zero-order valence-corrected chi connectivity index (χ0v) is 12.1. The van der Waals surface area contributed by atoms with Gasteiger partial charge in [0.25, 0.3) is 5.91 Å². The van der Waals surface area contributed by atoms with Gasteiger partial charge in [-0.15, -0.1) is 0 Å². The molecule has 0 radical (unpaired) electrons. The van der Waals surface area contributed by atoms with Crippen LogP contribution in [-0.2, 0) is 0 Å². The van der Waals surface area contributed by atoms with Crippen LogP contribution in [-0.4, -0.2) is 25.4 Å². The van der Waals surface area contributed by atoms with Crippen LogP contribution in [0.3, 0.4) is 0 Å². The van der Waals surface area contributed by atoms with E-state index in [4.69, 9.17) is 5.73 Å². The molecule has 4 rings (SSSR count). The second-order valence-electron chi connectivity index (χ2n) is 5.16. The van der Waals surface area contributed by atoms with Crippen molar-refractivity contribution >= 4 is 16.9 Å². The van der Waals surface area contributed by atoms with Crippen LogP contribution in [0.15, 0.2) is 61.3 Å². The summed E-state index contributed by atoms with van der Waals surface area (Å²) < 4.78 is 1.81. The summed E-state index contributed by atoms with van der Waals surface area (Å²) >= 11 is 0. The molecule has 0 aliphatic carbocycles. The van der Waals surface area contributed by atoms with Gasteiger partial charge in [-0.2, -0.15) is 0 Å². The Hall–Kier alpha value is -3.41. The number of fused-ring (bicyclic) bond motifs is 1. The molecule has 6 nitrogen and oxygen atoms in total. The molecule has 0 unspecified atom stereocenters. The number of hydrogen-bond acceptors (Lipinski definition) is 3. The molecule has 0 spiro atoms. The number of aromatic amines is 1. The number of H-pyrrole nitrogens is 1. The molecule has 1 aromatic carbocycles. The first kappa shape index (κ1) is 13.3. The van der Waals surface area contributed by atoms with Gasteiger partial charge in [-0.1, -0.05) is 30.3 Å². The van der Waals surface area contributed by atoms with Crippen molar-refractivity contribution in [1.29, 1.82) is 0 Å². The quantitative estimate of drug-likeness (QED) is 0.609. The Morgan fingerprint density at radius 2 is 1.91 bits per heavy atom. The van der Waals surface area contributed by atoms with E-state index in [-0.39, 0.29) is 0 Å². The largest absolute Gasteiger partial charge is 0.366 e. The molecule has 0 bridgehead atoms. The van der Waals surface area contributed by atoms with E-state index in [0.29, 0.717) is 11.4 Å². The first-order valence-corrected chi connectivity index (χ1v) is 7.10. The first-order chi connectivity index (χ1) is 11.2. The smallest absolute Gasteiger partial charge is 0.250 e. The third-order valence-corrected chi connectivity index (χ3v) is 3.75. The van der Waals surface area contributed by atoms with E-state index in [1.54, 1.807) is 17.0 Å². The van der Waals surface area contributed by atoms with E-state index < -0.39 is 5.91 Å². The summed E-state index contributed by atoms with van der Waals surface area (Å²) in [4.78, 5) is 23.4. The minimum absolute atomic E-state index is 0.457. The minimum atomic E-state index is -0.470. The predicted octanol–water partition coefficient (Wildman–Crippen LogP) is 2.51. The summed E-state index contributed by atoms with van der Waals surface area (Å²) in [5.41, 5.74) is 8.45. The van der Waals surface area contributed by atoms with Crippen molar-refractivity contribution in [2.75, 3.05) is 0 Å². The average molecular weight is 303 g/mol. The second-order valence-corrected chi connectivity index (χ2v) is 5.16. The average Bonchev–Trinajstić information content (AvgIpc) is 3.22. The number of nitrogens with two attached hydrogens (primary N) is 1. The summed E-state index contributed by atoms with van der Waals surface area (Å²) in [6.07, 6.45) is 6.86. The first-order valence-electron chi connectivity index (χ1n) is 7.10. The maximum Gasteiger partial charge on any atom is 0.250 e. The van der Waals surface area contributed by atoms with Crippen molar-refractivity contribution in [3.05, 3.63) is 66.9 Å². The van der Waals surface area contributed by atoms with Crippen LogP contribution in [0.25, 0.3) is 28.0 Å². The number of nitrogens with one attached hydrogen (secondary N) is 1. The van der Waals surface area contributed by atoms with Crippen LogP contribution in [0.2, 0.25) is 0 Å². The fourth-order valence-corrected chi connectivity index (χ4v) is 2.69. The summed E-state index contributed by atoms with van der Waals surface area (Å²) in [7, 11) is 0. The van der Waals surface area contributed by atoms with Gasteiger partial charge in [-0.3, -0.25) is 4.79 Å². The number of aromatic nitrogens is 4. The van der Waals surface area contributed by atoms with Gasteiger partial charge in [0.15, 0.2) is 0 Å². The van der Waals surface area contributed by atoms with Gasteiger partial charge < -0.3 is 15.3 Å². The molecule has 1 amide bonds. The van der Waals surface area contributed by atoms with Crippen LogP contribution >= 0.6 is 0 Å². The van der Waals surface area contributed by atoms with Gasteiger partial charge in [-0.05, 0) is 11.6 Å². The molecule has 0 saturated carbocycles. The lowest BCUT2D eigenvalue weighted by molar-refractivity contribution is 0.100. The van der Waals surface area contributed by atoms with E-state index >= 15 is 0 Å². The SMILES string of the molecule is NC(=O)c1cn(-c2ncnc3[nH]ccc23)cc1-c1ccccc1. The Bertz CT molecular complexity index is 1000. The van der Waals surface area contributed by atoms with E-state index in [9.17, 15) is 4.79 Å². The maximum atomic E-state index is 11.8. The highest BCUT2D eigenvalue weighted by Gasteiger charge is 2.16. The van der Waals surface area contributed by atoms with Gasteiger partial charge in [0.05, 0.1) is 10.9 Å². The third kappa shape index (κ3) is 2.17. The molecule has 0 aliphatic rings. The Morgan fingerprint density at radius 3 is 2.70 bits per heavy atom. The van der Waals surface area contributed by atoms with E-state index in [0.717, 1.165) is 22.2 Å². The Kier molecular flexibility index (Phi) is 2.94. The molecular weight excluding hydrogens is 290 g/mol. The lowest BCUT2D eigenvalue weighted by atomic mass is 10.0. The number of benzene rings is 1. The maximum absolute atomic E-state index is 11.8. The number of nitrogens with zero attached hydrogens (tertiary/aromatic N) is 3. The van der Waals surface area contributed by atoms with Crippen molar-refractivity contribution in [3.8, 4) is 16.9 Å². The van der Waals surface area contributed by atoms with Crippen LogP contribution in [0.1, 0.15) is 10.4 Å². The van der Waals surface area contributed by atoms with Gasteiger partial charge in [-0.25, -0.2) is 9.97 Å². The van der Waals surface area contributed by atoms with Crippen LogP contribution in [0.4, 0.5) is 0 Å². The summed E-state index contributed by atoms with van der Waals surface area (Å²) in [6.45, 7) is 0. The molecule has 3 N–H and O–H groups in total. The summed E-state index contributed by atoms with van der Waals surface area (Å²) in [6, 6.07) is 11.6. The molecule has 0 atom stereocenters. The lowest BCUT2D eigenvalue weighted by Gasteiger charge is -2.02. The lowest BCUT2D eigenvalue weighted by Crippen LogP contribution is -2.11. The highest BCUT2D eigenvalue weighted by atomic mass is 16.1. The molecule has 0 aliphatic heterocycles. The third-order valence-electron chi connectivity index (χ3n) is 3.75. The van der Waals surface area contributed by atoms with Crippen LogP contribution in [0.5, 0.6) is 0 Å². The second kappa shape index (κ2) is 5.10. The Labute approximate surface area is 131 Å². The minimum Gasteiger partial charge on any atom is -0.366 e. The van der Waals surface area contributed by atoms with Gasteiger partial charge >= 0.3 is 0 Å². The van der Waals surface area contributed by atoms with Crippen molar-refractivity contribution in [2.45, 2.75) is 0 Å². The van der Waals surface area contributed by atoms with E-state index in [1.165, 1.54) is 6.33 Å². The number of carbonyl (C=O) groups excluding carboxylic acids is 1. The molecule has 3 heterocycles. The zero-order chi connectivity index (χ0) is 15.8. The van der Waals surface area contributed by atoms with E-state index in [1.807, 2.05) is 42.6 Å².